The monoisotopic (exact) mass is 732 g/mol. The summed E-state index contributed by atoms with van der Waals surface area (Å²) in [6.07, 6.45) is 0. The summed E-state index contributed by atoms with van der Waals surface area (Å²) in [5.41, 5.74) is 13.6. The lowest BCUT2D eigenvalue weighted by Gasteiger charge is -2.29. The number of nitrogens with zero attached hydrogens (tertiary/aromatic N) is 2. The van der Waals surface area contributed by atoms with E-state index >= 15 is 4.39 Å². The highest BCUT2D eigenvalue weighted by molar-refractivity contribution is 6.10. The predicted molar refractivity (Wildman–Crippen MR) is 237 cm³/mol. The van der Waals surface area contributed by atoms with Crippen LogP contribution in [0.2, 0.25) is 0 Å². The van der Waals surface area contributed by atoms with Crippen molar-refractivity contribution >= 4 is 38.9 Å². The molecule has 0 unspecified atom stereocenters. The average molecular weight is 733 g/mol. The van der Waals surface area contributed by atoms with Crippen molar-refractivity contribution in [3.8, 4) is 50.2 Å². The van der Waals surface area contributed by atoms with Gasteiger partial charge in [0.05, 0.1) is 16.7 Å². The van der Waals surface area contributed by atoms with Crippen LogP contribution in [-0.4, -0.2) is 4.57 Å². The van der Waals surface area contributed by atoms with Crippen LogP contribution in [0.3, 0.4) is 0 Å². The molecule has 0 bridgehead atoms. The summed E-state index contributed by atoms with van der Waals surface area (Å²) in [7, 11) is 0. The van der Waals surface area contributed by atoms with Crippen LogP contribution in [0.5, 0.6) is 0 Å². The Bertz CT molecular complexity index is 2970. The Balaban J connectivity index is 1.13. The largest absolute Gasteiger partial charge is 0.309 e. The SMILES string of the molecule is Fc1cc(-c2ccccc2)cc(-c2ccccc2)c1N(c1ccc(-c2ccccc2)cc1)c1ccc(-c2ccc3c4ccccc4n(-c4ccccc4)c3c2)cc1. The average Bonchev–Trinajstić information content (AvgIpc) is 3.62. The molecule has 0 aliphatic heterocycles. The second kappa shape index (κ2) is 14.6. The smallest absolute Gasteiger partial charge is 0.148 e. The Labute approximate surface area is 332 Å². The molecule has 10 rings (SSSR count). The van der Waals surface area contributed by atoms with Crippen LogP contribution in [0.25, 0.3) is 72.0 Å². The number of anilines is 3. The summed E-state index contributed by atoms with van der Waals surface area (Å²) < 4.78 is 19.5. The molecule has 0 saturated heterocycles. The molecule has 0 aliphatic carbocycles. The van der Waals surface area contributed by atoms with Crippen LogP contribution in [0, 0.1) is 5.82 Å². The molecule has 2 nitrogen and oxygen atoms in total. The lowest BCUT2D eigenvalue weighted by molar-refractivity contribution is 0.630. The number of benzene rings is 9. The summed E-state index contributed by atoms with van der Waals surface area (Å²) >= 11 is 0. The third kappa shape index (κ3) is 6.35. The van der Waals surface area contributed by atoms with Crippen LogP contribution in [0.1, 0.15) is 0 Å². The first-order valence-corrected chi connectivity index (χ1v) is 19.3. The van der Waals surface area contributed by atoms with Gasteiger partial charge in [0.2, 0.25) is 0 Å². The van der Waals surface area contributed by atoms with Gasteiger partial charge >= 0.3 is 0 Å². The molecule has 1 heterocycles. The van der Waals surface area contributed by atoms with Crippen molar-refractivity contribution in [2.75, 3.05) is 4.90 Å². The maximum absolute atomic E-state index is 17.2. The Kier molecular flexibility index (Phi) is 8.74. The zero-order valence-corrected chi connectivity index (χ0v) is 31.1. The van der Waals surface area contributed by atoms with Crippen LogP contribution < -0.4 is 4.90 Å². The molecule has 0 spiro atoms. The van der Waals surface area contributed by atoms with E-state index in [4.69, 9.17) is 0 Å². The van der Waals surface area contributed by atoms with Gasteiger partial charge in [0.25, 0.3) is 0 Å². The molecule has 270 valence electrons. The Hall–Kier alpha value is -7.49. The van der Waals surface area contributed by atoms with E-state index in [-0.39, 0.29) is 5.82 Å². The van der Waals surface area contributed by atoms with E-state index in [9.17, 15) is 0 Å². The molecule has 3 heteroatoms. The van der Waals surface area contributed by atoms with E-state index in [0.29, 0.717) is 5.69 Å². The number of rotatable bonds is 8. The fourth-order valence-electron chi connectivity index (χ4n) is 8.11. The molecule has 0 amide bonds. The number of aromatic nitrogens is 1. The van der Waals surface area contributed by atoms with Crippen LogP contribution in [0.4, 0.5) is 21.5 Å². The minimum absolute atomic E-state index is 0.300. The summed E-state index contributed by atoms with van der Waals surface area (Å²) in [6.45, 7) is 0. The van der Waals surface area contributed by atoms with Gasteiger partial charge in [-0.1, -0.05) is 164 Å². The molecule has 9 aromatic carbocycles. The van der Waals surface area contributed by atoms with E-state index in [1.165, 1.54) is 16.3 Å². The Morgan fingerprint density at radius 2 is 0.789 bits per heavy atom. The topological polar surface area (TPSA) is 8.17 Å². The van der Waals surface area contributed by atoms with E-state index in [2.05, 4.69) is 161 Å². The van der Waals surface area contributed by atoms with Gasteiger partial charge in [-0.25, -0.2) is 4.39 Å². The van der Waals surface area contributed by atoms with Crippen molar-refractivity contribution in [2.45, 2.75) is 0 Å². The number of halogens is 1. The number of para-hydroxylation sites is 2. The molecule has 0 saturated carbocycles. The van der Waals surface area contributed by atoms with Gasteiger partial charge in [0.1, 0.15) is 5.82 Å². The van der Waals surface area contributed by atoms with Crippen molar-refractivity contribution < 1.29 is 4.39 Å². The van der Waals surface area contributed by atoms with Gasteiger partial charge in [-0.3, -0.25) is 0 Å². The summed E-state index contributed by atoms with van der Waals surface area (Å²) in [4.78, 5) is 2.06. The maximum atomic E-state index is 17.2. The van der Waals surface area contributed by atoms with E-state index < -0.39 is 0 Å². The third-order valence-corrected chi connectivity index (χ3v) is 10.9. The minimum Gasteiger partial charge on any atom is -0.309 e. The van der Waals surface area contributed by atoms with Crippen molar-refractivity contribution in [3.63, 3.8) is 0 Å². The third-order valence-electron chi connectivity index (χ3n) is 10.9. The molecule has 0 aliphatic rings. The van der Waals surface area contributed by atoms with Crippen molar-refractivity contribution in [1.82, 2.24) is 4.57 Å². The quantitative estimate of drug-likeness (QED) is 0.151. The molecular weight excluding hydrogens is 696 g/mol. The summed E-state index contributed by atoms with van der Waals surface area (Å²) in [6, 6.07) is 77.0. The summed E-state index contributed by atoms with van der Waals surface area (Å²) in [5.74, 6) is -0.300. The molecule has 0 radical (unpaired) electrons. The van der Waals surface area contributed by atoms with Crippen LogP contribution in [-0.2, 0) is 0 Å². The standard InChI is InChI=1S/C54H37FN2/c55-51-36-44(39-17-7-2-8-18-39)35-50(42-19-9-3-10-20-42)54(51)56(46-30-25-40(26-31-46)38-15-5-1-6-16-38)47-32-27-41(28-33-47)43-29-34-49-48-23-13-14-24-52(48)57(53(49)37-43)45-21-11-4-12-22-45/h1-37H. The fraction of sp³-hybridized carbons (Fsp3) is 0. The van der Waals surface area contributed by atoms with Gasteiger partial charge in [0.15, 0.2) is 0 Å². The van der Waals surface area contributed by atoms with Crippen LogP contribution >= 0.6 is 0 Å². The molecular formula is C54H37FN2. The predicted octanol–water partition coefficient (Wildman–Crippen LogP) is 15.1. The van der Waals surface area contributed by atoms with Crippen LogP contribution in [0.15, 0.2) is 224 Å². The highest BCUT2D eigenvalue weighted by atomic mass is 19.1. The van der Waals surface area contributed by atoms with Gasteiger partial charge in [-0.05, 0) is 99.6 Å². The highest BCUT2D eigenvalue weighted by Crippen LogP contribution is 2.45. The second-order valence-corrected chi connectivity index (χ2v) is 14.3. The Morgan fingerprint density at radius 3 is 1.40 bits per heavy atom. The van der Waals surface area contributed by atoms with Gasteiger partial charge in [-0.15, -0.1) is 0 Å². The second-order valence-electron chi connectivity index (χ2n) is 14.3. The Morgan fingerprint density at radius 1 is 0.333 bits per heavy atom. The lowest BCUT2D eigenvalue weighted by atomic mass is 9.95. The van der Waals surface area contributed by atoms with E-state index in [1.54, 1.807) is 6.07 Å². The molecule has 10 aromatic rings. The molecule has 0 fully saturated rings. The molecule has 57 heavy (non-hydrogen) atoms. The zero-order chi connectivity index (χ0) is 38.1. The molecule has 0 N–H and O–H groups in total. The summed E-state index contributed by atoms with van der Waals surface area (Å²) in [5, 5.41) is 2.43. The lowest BCUT2D eigenvalue weighted by Crippen LogP contribution is -2.13. The van der Waals surface area contributed by atoms with E-state index in [0.717, 1.165) is 67.1 Å². The number of fused-ring (bicyclic) bond motifs is 3. The normalized spacial score (nSPS) is 11.2. The first-order valence-electron chi connectivity index (χ1n) is 19.3. The number of hydrogen-bond acceptors (Lipinski definition) is 1. The minimum atomic E-state index is -0.300. The highest BCUT2D eigenvalue weighted by Gasteiger charge is 2.23. The fourth-order valence-corrected chi connectivity index (χ4v) is 8.11. The molecule has 1 aromatic heterocycles. The van der Waals surface area contributed by atoms with Crippen molar-refractivity contribution in [3.05, 3.63) is 230 Å². The van der Waals surface area contributed by atoms with Crippen molar-refractivity contribution in [1.29, 1.82) is 0 Å². The number of hydrogen-bond donors (Lipinski definition) is 0. The molecule has 0 atom stereocenters. The first-order chi connectivity index (χ1) is 28.2. The maximum Gasteiger partial charge on any atom is 0.148 e. The van der Waals surface area contributed by atoms with Gasteiger partial charge in [0, 0.05) is 33.4 Å². The van der Waals surface area contributed by atoms with Crippen molar-refractivity contribution in [2.24, 2.45) is 0 Å². The van der Waals surface area contributed by atoms with Gasteiger partial charge in [-0.2, -0.15) is 0 Å². The van der Waals surface area contributed by atoms with Gasteiger partial charge < -0.3 is 9.47 Å². The van der Waals surface area contributed by atoms with E-state index in [1.807, 2.05) is 66.7 Å². The zero-order valence-electron chi connectivity index (χ0n) is 31.1. The first kappa shape index (κ1) is 34.0.